The molecule has 0 radical (unpaired) electrons. The molecule has 2 N–H and O–H groups in total. The van der Waals surface area contributed by atoms with Crippen LogP contribution < -0.4 is 5.73 Å². The van der Waals surface area contributed by atoms with Crippen molar-refractivity contribution in [2.75, 3.05) is 11.5 Å². The van der Waals surface area contributed by atoms with E-state index in [-0.39, 0.29) is 16.5 Å². The zero-order valence-corrected chi connectivity index (χ0v) is 10.5. The monoisotopic (exact) mass is 242 g/mol. The number of nitrogens with two attached hydrogens (primary N) is 1. The summed E-state index contributed by atoms with van der Waals surface area (Å²) in [6, 6.07) is 3.19. The summed E-state index contributed by atoms with van der Waals surface area (Å²) >= 11 is 0. The zero-order valence-electron chi connectivity index (χ0n) is 9.68. The normalized spacial score (nSPS) is 11.9. The number of anilines is 1. The molecule has 90 valence electrons. The predicted molar refractivity (Wildman–Crippen MR) is 64.8 cm³/mol. The lowest BCUT2D eigenvalue weighted by Crippen LogP contribution is -2.11. The summed E-state index contributed by atoms with van der Waals surface area (Å²) in [5.74, 6) is 0.628. The van der Waals surface area contributed by atoms with E-state index in [0.29, 0.717) is 12.3 Å². The van der Waals surface area contributed by atoms with E-state index in [1.165, 1.54) is 6.20 Å². The van der Waals surface area contributed by atoms with Gasteiger partial charge in [-0.05, 0) is 30.9 Å². The summed E-state index contributed by atoms with van der Waals surface area (Å²) < 4.78 is 23.8. The van der Waals surface area contributed by atoms with Gasteiger partial charge in [-0.15, -0.1) is 0 Å². The molecule has 4 nitrogen and oxygen atoms in total. The van der Waals surface area contributed by atoms with Gasteiger partial charge in [0.15, 0.2) is 14.9 Å². The molecule has 0 amide bonds. The number of nitrogens with zero attached hydrogens (tertiary/aromatic N) is 1. The van der Waals surface area contributed by atoms with Gasteiger partial charge in [0.05, 0.1) is 11.4 Å². The van der Waals surface area contributed by atoms with Gasteiger partial charge in [-0.3, -0.25) is 0 Å². The molecule has 0 bridgehead atoms. The molecule has 1 rings (SSSR count). The van der Waals surface area contributed by atoms with Crippen LogP contribution in [0.25, 0.3) is 0 Å². The standard InChI is InChI=1S/C11H18N2O2S/c1-9(2)5-4-8-16(14,15)11-10(12)6-3-7-13-11/h3,6-7,9H,4-5,8,12H2,1-2H3. The Morgan fingerprint density at radius 3 is 2.69 bits per heavy atom. The van der Waals surface area contributed by atoms with Gasteiger partial charge in [-0.2, -0.15) is 0 Å². The third kappa shape index (κ3) is 3.48. The van der Waals surface area contributed by atoms with Crippen LogP contribution in [0.4, 0.5) is 5.69 Å². The molecule has 0 unspecified atom stereocenters. The molecular weight excluding hydrogens is 224 g/mol. The van der Waals surface area contributed by atoms with E-state index in [1.807, 2.05) is 0 Å². The van der Waals surface area contributed by atoms with Crippen molar-refractivity contribution >= 4 is 15.5 Å². The number of sulfone groups is 1. The Morgan fingerprint density at radius 2 is 2.12 bits per heavy atom. The maximum Gasteiger partial charge on any atom is 0.197 e. The molecule has 0 saturated heterocycles. The number of pyridine rings is 1. The lowest BCUT2D eigenvalue weighted by Gasteiger charge is -2.07. The van der Waals surface area contributed by atoms with Crippen molar-refractivity contribution in [2.24, 2.45) is 5.92 Å². The largest absolute Gasteiger partial charge is 0.396 e. The van der Waals surface area contributed by atoms with Crippen LogP contribution in [-0.2, 0) is 9.84 Å². The molecule has 0 fully saturated rings. The van der Waals surface area contributed by atoms with Gasteiger partial charge in [-0.1, -0.05) is 13.8 Å². The van der Waals surface area contributed by atoms with E-state index >= 15 is 0 Å². The third-order valence-electron chi connectivity index (χ3n) is 2.29. The fraction of sp³-hybridized carbons (Fsp3) is 0.545. The summed E-state index contributed by atoms with van der Waals surface area (Å²) in [5.41, 5.74) is 5.83. The highest BCUT2D eigenvalue weighted by Crippen LogP contribution is 2.17. The van der Waals surface area contributed by atoms with Crippen LogP contribution in [0.5, 0.6) is 0 Å². The Balaban J connectivity index is 2.75. The lowest BCUT2D eigenvalue weighted by atomic mass is 10.1. The summed E-state index contributed by atoms with van der Waals surface area (Å²) in [4.78, 5) is 3.83. The molecule has 5 heteroatoms. The van der Waals surface area contributed by atoms with E-state index in [1.54, 1.807) is 12.1 Å². The Bertz CT molecular complexity index is 441. The quantitative estimate of drug-likeness (QED) is 0.855. The van der Waals surface area contributed by atoms with Gasteiger partial charge in [0, 0.05) is 6.20 Å². The Labute approximate surface area is 96.8 Å². The van der Waals surface area contributed by atoms with Gasteiger partial charge < -0.3 is 5.73 Å². The smallest absolute Gasteiger partial charge is 0.197 e. The van der Waals surface area contributed by atoms with Crippen LogP contribution in [0, 0.1) is 5.92 Å². The number of rotatable bonds is 5. The Morgan fingerprint density at radius 1 is 1.44 bits per heavy atom. The molecule has 0 aliphatic heterocycles. The second-order valence-corrected chi connectivity index (χ2v) is 6.28. The molecule has 0 atom stereocenters. The first kappa shape index (κ1) is 13.0. The van der Waals surface area contributed by atoms with Crippen LogP contribution >= 0.6 is 0 Å². The first-order chi connectivity index (χ1) is 7.43. The van der Waals surface area contributed by atoms with E-state index in [0.717, 1.165) is 6.42 Å². The molecule has 1 aromatic rings. The minimum Gasteiger partial charge on any atom is -0.396 e. The second kappa shape index (κ2) is 5.30. The van der Waals surface area contributed by atoms with Crippen LogP contribution in [0.15, 0.2) is 23.4 Å². The van der Waals surface area contributed by atoms with Crippen LogP contribution in [0.1, 0.15) is 26.7 Å². The van der Waals surface area contributed by atoms with Gasteiger partial charge in [-0.25, -0.2) is 13.4 Å². The number of aromatic nitrogens is 1. The number of hydrogen-bond acceptors (Lipinski definition) is 4. The number of hydrogen-bond donors (Lipinski definition) is 1. The highest BCUT2D eigenvalue weighted by molar-refractivity contribution is 7.91. The van der Waals surface area contributed by atoms with Crippen molar-refractivity contribution in [1.82, 2.24) is 4.98 Å². The molecule has 16 heavy (non-hydrogen) atoms. The summed E-state index contributed by atoms with van der Waals surface area (Å²) in [6.45, 7) is 4.14. The fourth-order valence-corrected chi connectivity index (χ4v) is 2.83. The molecule has 0 aliphatic rings. The molecule has 1 aromatic heterocycles. The first-order valence-corrected chi connectivity index (χ1v) is 7.02. The SMILES string of the molecule is CC(C)CCCS(=O)(=O)c1ncccc1N. The zero-order chi connectivity index (χ0) is 12.2. The summed E-state index contributed by atoms with van der Waals surface area (Å²) in [5, 5.41) is 0.0127. The topological polar surface area (TPSA) is 73.0 Å². The number of nitrogen functional groups attached to an aromatic ring is 1. The molecule has 0 saturated carbocycles. The van der Waals surface area contributed by atoms with Crippen molar-refractivity contribution in [1.29, 1.82) is 0 Å². The molecule has 0 aromatic carbocycles. The summed E-state index contributed by atoms with van der Waals surface area (Å²) in [7, 11) is -3.32. The Kier molecular flexibility index (Phi) is 4.29. The minimum absolute atomic E-state index is 0.0127. The maximum atomic E-state index is 11.9. The molecule has 1 heterocycles. The second-order valence-electron chi connectivity index (χ2n) is 4.25. The van der Waals surface area contributed by atoms with Crippen molar-refractivity contribution in [3.8, 4) is 0 Å². The van der Waals surface area contributed by atoms with Crippen molar-refractivity contribution in [3.63, 3.8) is 0 Å². The van der Waals surface area contributed by atoms with Crippen LogP contribution in [0.2, 0.25) is 0 Å². The maximum absolute atomic E-state index is 11.9. The Hall–Kier alpha value is -1.10. The highest BCUT2D eigenvalue weighted by Gasteiger charge is 2.18. The van der Waals surface area contributed by atoms with E-state index in [2.05, 4.69) is 18.8 Å². The average molecular weight is 242 g/mol. The molecule has 0 aliphatic carbocycles. The highest BCUT2D eigenvalue weighted by atomic mass is 32.2. The van der Waals surface area contributed by atoms with Gasteiger partial charge in [0.1, 0.15) is 0 Å². The average Bonchev–Trinajstić information content (AvgIpc) is 2.17. The van der Waals surface area contributed by atoms with E-state index in [4.69, 9.17) is 5.73 Å². The molecular formula is C11H18N2O2S. The van der Waals surface area contributed by atoms with Crippen molar-refractivity contribution in [2.45, 2.75) is 31.7 Å². The van der Waals surface area contributed by atoms with Crippen LogP contribution in [-0.4, -0.2) is 19.2 Å². The fourth-order valence-electron chi connectivity index (χ4n) is 1.44. The van der Waals surface area contributed by atoms with Crippen molar-refractivity contribution in [3.05, 3.63) is 18.3 Å². The first-order valence-electron chi connectivity index (χ1n) is 5.36. The van der Waals surface area contributed by atoms with Gasteiger partial charge in [0.25, 0.3) is 0 Å². The van der Waals surface area contributed by atoms with E-state index in [9.17, 15) is 8.42 Å². The lowest BCUT2D eigenvalue weighted by molar-refractivity contribution is 0.558. The van der Waals surface area contributed by atoms with E-state index < -0.39 is 9.84 Å². The molecule has 0 spiro atoms. The minimum atomic E-state index is -3.32. The third-order valence-corrected chi connectivity index (χ3v) is 4.05. The van der Waals surface area contributed by atoms with Gasteiger partial charge in [0.2, 0.25) is 0 Å². The predicted octanol–water partition coefficient (Wildman–Crippen LogP) is 1.87. The van der Waals surface area contributed by atoms with Gasteiger partial charge >= 0.3 is 0 Å². The van der Waals surface area contributed by atoms with Crippen LogP contribution in [0.3, 0.4) is 0 Å². The van der Waals surface area contributed by atoms with Crippen molar-refractivity contribution < 1.29 is 8.42 Å². The summed E-state index contributed by atoms with van der Waals surface area (Å²) in [6.07, 6.45) is 2.99.